The SMILES string of the molecule is CCOC(=O)c1snc(N(Cc2ccccc2)Cc2ccccc2)c1C=O. The number of ether oxygens (including phenoxy) is 1. The summed E-state index contributed by atoms with van der Waals surface area (Å²) in [6.45, 7) is 3.13. The molecule has 5 nitrogen and oxygen atoms in total. The number of benzene rings is 2. The molecule has 0 aliphatic heterocycles. The van der Waals surface area contributed by atoms with Gasteiger partial charge in [0.2, 0.25) is 0 Å². The normalized spacial score (nSPS) is 10.4. The zero-order valence-corrected chi connectivity index (χ0v) is 15.8. The van der Waals surface area contributed by atoms with E-state index in [1.165, 1.54) is 0 Å². The van der Waals surface area contributed by atoms with Gasteiger partial charge in [-0.3, -0.25) is 4.79 Å². The van der Waals surface area contributed by atoms with Gasteiger partial charge in [-0.05, 0) is 29.6 Å². The van der Waals surface area contributed by atoms with E-state index in [1.807, 2.05) is 65.6 Å². The van der Waals surface area contributed by atoms with E-state index in [4.69, 9.17) is 4.74 Å². The van der Waals surface area contributed by atoms with Gasteiger partial charge >= 0.3 is 5.97 Å². The highest BCUT2D eigenvalue weighted by atomic mass is 32.1. The van der Waals surface area contributed by atoms with Crippen molar-refractivity contribution in [1.29, 1.82) is 0 Å². The molecule has 0 aliphatic carbocycles. The number of nitrogens with zero attached hydrogens (tertiary/aromatic N) is 2. The van der Waals surface area contributed by atoms with Crippen molar-refractivity contribution >= 4 is 29.6 Å². The van der Waals surface area contributed by atoms with Crippen LogP contribution in [0.15, 0.2) is 60.7 Å². The number of aromatic nitrogens is 1. The third kappa shape index (κ3) is 4.60. The second-order valence-corrected chi connectivity index (χ2v) is 6.69. The van der Waals surface area contributed by atoms with Crippen LogP contribution in [0.2, 0.25) is 0 Å². The van der Waals surface area contributed by atoms with Crippen molar-refractivity contribution in [3.05, 3.63) is 82.2 Å². The standard InChI is InChI=1S/C21H20N2O3S/c1-2-26-21(25)19-18(15-24)20(22-27-19)23(13-16-9-5-3-6-10-16)14-17-11-7-4-8-12-17/h3-12,15H,2,13-14H2,1H3. The lowest BCUT2D eigenvalue weighted by atomic mass is 10.1. The molecule has 3 rings (SSSR count). The molecule has 0 spiro atoms. The lowest BCUT2D eigenvalue weighted by Crippen LogP contribution is -2.23. The molecule has 0 unspecified atom stereocenters. The predicted molar refractivity (Wildman–Crippen MR) is 106 cm³/mol. The highest BCUT2D eigenvalue weighted by molar-refractivity contribution is 7.08. The summed E-state index contributed by atoms with van der Waals surface area (Å²) >= 11 is 1.00. The van der Waals surface area contributed by atoms with Gasteiger partial charge in [-0.1, -0.05) is 60.7 Å². The van der Waals surface area contributed by atoms with Crippen LogP contribution in [0.4, 0.5) is 5.82 Å². The minimum absolute atomic E-state index is 0.243. The summed E-state index contributed by atoms with van der Waals surface area (Å²) in [7, 11) is 0. The fourth-order valence-electron chi connectivity index (χ4n) is 2.78. The summed E-state index contributed by atoms with van der Waals surface area (Å²) in [5.41, 5.74) is 2.47. The van der Waals surface area contributed by atoms with Crippen LogP contribution in [0.1, 0.15) is 38.1 Å². The highest BCUT2D eigenvalue weighted by Crippen LogP contribution is 2.28. The molecule has 1 aromatic heterocycles. The number of carbonyl (C=O) groups excluding carboxylic acids is 2. The van der Waals surface area contributed by atoms with Crippen molar-refractivity contribution < 1.29 is 14.3 Å². The van der Waals surface area contributed by atoms with Crippen LogP contribution in [0.3, 0.4) is 0 Å². The van der Waals surface area contributed by atoms with Gasteiger partial charge in [-0.25, -0.2) is 4.79 Å². The van der Waals surface area contributed by atoms with Crippen LogP contribution in [0, 0.1) is 0 Å². The van der Waals surface area contributed by atoms with Crippen molar-refractivity contribution in [2.24, 2.45) is 0 Å². The average Bonchev–Trinajstić information content (AvgIpc) is 3.13. The smallest absolute Gasteiger partial charge is 0.350 e. The maximum atomic E-state index is 12.1. The molecule has 0 aliphatic rings. The van der Waals surface area contributed by atoms with Crippen molar-refractivity contribution in [2.45, 2.75) is 20.0 Å². The Morgan fingerprint density at radius 3 is 2.07 bits per heavy atom. The summed E-state index contributed by atoms with van der Waals surface area (Å²) in [5.74, 6) is -0.00604. The van der Waals surface area contributed by atoms with E-state index in [0.717, 1.165) is 22.7 Å². The summed E-state index contributed by atoms with van der Waals surface area (Å²) in [4.78, 5) is 26.2. The van der Waals surface area contributed by atoms with Crippen LogP contribution in [0.5, 0.6) is 0 Å². The molecule has 0 saturated heterocycles. The molecule has 2 aromatic carbocycles. The Bertz CT molecular complexity index is 853. The first kappa shape index (κ1) is 18.8. The lowest BCUT2D eigenvalue weighted by Gasteiger charge is -2.23. The fourth-order valence-corrected chi connectivity index (χ4v) is 3.54. The molecule has 6 heteroatoms. The summed E-state index contributed by atoms with van der Waals surface area (Å²) in [6, 6.07) is 19.9. The lowest BCUT2D eigenvalue weighted by molar-refractivity contribution is 0.0530. The fraction of sp³-hybridized carbons (Fsp3) is 0.190. The van der Waals surface area contributed by atoms with Gasteiger partial charge in [-0.15, -0.1) is 0 Å². The Morgan fingerprint density at radius 1 is 1.04 bits per heavy atom. The van der Waals surface area contributed by atoms with E-state index in [1.54, 1.807) is 6.92 Å². The zero-order chi connectivity index (χ0) is 19.1. The number of anilines is 1. The minimum atomic E-state index is -0.511. The Labute approximate surface area is 162 Å². The molecule has 0 bridgehead atoms. The Hall–Kier alpha value is -2.99. The quantitative estimate of drug-likeness (QED) is 0.430. The van der Waals surface area contributed by atoms with Crippen LogP contribution in [0.25, 0.3) is 0 Å². The number of hydrogen-bond donors (Lipinski definition) is 0. The van der Waals surface area contributed by atoms with Crippen LogP contribution < -0.4 is 4.90 Å². The largest absolute Gasteiger partial charge is 0.462 e. The molecular formula is C21H20N2O3S. The van der Waals surface area contributed by atoms with E-state index in [-0.39, 0.29) is 17.0 Å². The van der Waals surface area contributed by atoms with Crippen LogP contribution in [-0.2, 0) is 17.8 Å². The van der Waals surface area contributed by atoms with E-state index >= 15 is 0 Å². The number of hydrogen-bond acceptors (Lipinski definition) is 6. The summed E-state index contributed by atoms with van der Waals surface area (Å²) in [5, 5.41) is 0. The number of carbonyl (C=O) groups is 2. The van der Waals surface area contributed by atoms with E-state index in [0.29, 0.717) is 25.2 Å². The molecule has 138 valence electrons. The maximum Gasteiger partial charge on any atom is 0.350 e. The number of rotatable bonds is 8. The summed E-state index contributed by atoms with van der Waals surface area (Å²) in [6.07, 6.45) is 0.689. The first-order chi connectivity index (χ1) is 13.2. The maximum absolute atomic E-state index is 12.1. The van der Waals surface area contributed by atoms with Crippen LogP contribution >= 0.6 is 11.5 Å². The van der Waals surface area contributed by atoms with Gasteiger partial charge in [0.25, 0.3) is 0 Å². The minimum Gasteiger partial charge on any atom is -0.462 e. The number of esters is 1. The highest BCUT2D eigenvalue weighted by Gasteiger charge is 2.24. The molecule has 0 radical (unpaired) electrons. The number of aldehydes is 1. The van der Waals surface area contributed by atoms with Crippen LogP contribution in [-0.4, -0.2) is 23.2 Å². The molecule has 3 aromatic rings. The second-order valence-electron chi connectivity index (χ2n) is 5.91. The Morgan fingerprint density at radius 2 is 1.59 bits per heavy atom. The first-order valence-corrected chi connectivity index (χ1v) is 9.45. The zero-order valence-electron chi connectivity index (χ0n) is 15.0. The second kappa shape index (κ2) is 9.09. The molecular weight excluding hydrogens is 360 g/mol. The van der Waals surface area contributed by atoms with Crippen molar-refractivity contribution in [3.63, 3.8) is 0 Å². The van der Waals surface area contributed by atoms with Gasteiger partial charge in [0, 0.05) is 13.1 Å². The molecule has 0 amide bonds. The Balaban J connectivity index is 1.97. The molecule has 1 heterocycles. The van der Waals surface area contributed by atoms with E-state index in [2.05, 4.69) is 4.37 Å². The van der Waals surface area contributed by atoms with Gasteiger partial charge in [-0.2, -0.15) is 4.37 Å². The van der Waals surface area contributed by atoms with Gasteiger partial charge in [0.05, 0.1) is 12.2 Å². The van der Waals surface area contributed by atoms with E-state index < -0.39 is 5.97 Å². The van der Waals surface area contributed by atoms with E-state index in [9.17, 15) is 9.59 Å². The third-order valence-corrected chi connectivity index (χ3v) is 4.85. The molecule has 0 N–H and O–H groups in total. The Kier molecular flexibility index (Phi) is 6.33. The molecule has 0 atom stereocenters. The molecule has 0 saturated carbocycles. The third-order valence-electron chi connectivity index (χ3n) is 4.02. The van der Waals surface area contributed by atoms with Crippen molar-refractivity contribution in [1.82, 2.24) is 4.37 Å². The van der Waals surface area contributed by atoms with Gasteiger partial charge < -0.3 is 9.64 Å². The topological polar surface area (TPSA) is 59.5 Å². The summed E-state index contributed by atoms with van der Waals surface area (Å²) < 4.78 is 9.47. The average molecular weight is 380 g/mol. The molecule has 0 fully saturated rings. The first-order valence-electron chi connectivity index (χ1n) is 8.67. The predicted octanol–water partition coefficient (Wildman–Crippen LogP) is 4.34. The molecule has 27 heavy (non-hydrogen) atoms. The monoisotopic (exact) mass is 380 g/mol. The van der Waals surface area contributed by atoms with Gasteiger partial charge in [0.1, 0.15) is 4.88 Å². The van der Waals surface area contributed by atoms with Crippen molar-refractivity contribution in [2.75, 3.05) is 11.5 Å². The van der Waals surface area contributed by atoms with Gasteiger partial charge in [0.15, 0.2) is 12.1 Å². The van der Waals surface area contributed by atoms with Crippen molar-refractivity contribution in [3.8, 4) is 0 Å².